The van der Waals surface area contributed by atoms with Crippen LogP contribution in [0.2, 0.25) is 5.02 Å². The summed E-state index contributed by atoms with van der Waals surface area (Å²) in [7, 11) is 0. The predicted molar refractivity (Wildman–Crippen MR) is 124 cm³/mol. The van der Waals surface area contributed by atoms with E-state index >= 15 is 0 Å². The zero-order valence-electron chi connectivity index (χ0n) is 17.6. The van der Waals surface area contributed by atoms with E-state index in [9.17, 15) is 9.59 Å². The molecule has 6 nitrogen and oxygen atoms in total. The second kappa shape index (κ2) is 8.94. The van der Waals surface area contributed by atoms with Crippen molar-refractivity contribution in [1.82, 2.24) is 9.78 Å². The summed E-state index contributed by atoms with van der Waals surface area (Å²) < 4.78 is 1.35. The molecule has 1 aliphatic heterocycles. The van der Waals surface area contributed by atoms with E-state index < -0.39 is 0 Å². The lowest BCUT2D eigenvalue weighted by molar-refractivity contribution is -0.120. The first-order valence-corrected chi connectivity index (χ1v) is 10.8. The van der Waals surface area contributed by atoms with Crippen molar-refractivity contribution < 1.29 is 4.79 Å². The number of halogens is 1. The summed E-state index contributed by atoms with van der Waals surface area (Å²) in [6.07, 6.45) is 1.70. The van der Waals surface area contributed by atoms with Crippen molar-refractivity contribution >= 4 is 29.0 Å². The van der Waals surface area contributed by atoms with E-state index in [1.165, 1.54) is 16.3 Å². The maximum atomic E-state index is 12.9. The third-order valence-corrected chi connectivity index (χ3v) is 5.83. The fourth-order valence-corrected chi connectivity index (χ4v) is 4.14. The van der Waals surface area contributed by atoms with Crippen LogP contribution in [-0.2, 0) is 4.79 Å². The average molecular weight is 437 g/mol. The largest absolute Gasteiger partial charge is 0.354 e. The van der Waals surface area contributed by atoms with Gasteiger partial charge in [0.05, 0.1) is 11.6 Å². The molecule has 0 spiro atoms. The highest BCUT2D eigenvalue weighted by Gasteiger charge is 2.27. The SMILES string of the molecule is Cc1ccc(NC(=O)C2CCCN(c3ccc(=O)n(-c4cccc(Cl)c4)n3)C2)c(C)c1. The Morgan fingerprint density at radius 1 is 1.13 bits per heavy atom. The van der Waals surface area contributed by atoms with Crippen molar-refractivity contribution in [2.75, 3.05) is 23.3 Å². The molecule has 4 rings (SSSR count). The quantitative estimate of drug-likeness (QED) is 0.660. The lowest BCUT2D eigenvalue weighted by Gasteiger charge is -2.33. The first-order chi connectivity index (χ1) is 14.9. The molecule has 1 N–H and O–H groups in total. The zero-order valence-corrected chi connectivity index (χ0v) is 18.4. The van der Waals surface area contributed by atoms with E-state index in [1.54, 1.807) is 30.3 Å². The number of anilines is 2. The number of nitrogens with one attached hydrogen (secondary N) is 1. The Hall–Kier alpha value is -3.12. The summed E-state index contributed by atoms with van der Waals surface area (Å²) >= 11 is 6.08. The number of aromatic nitrogens is 2. The van der Waals surface area contributed by atoms with E-state index in [1.807, 2.05) is 26.0 Å². The highest BCUT2D eigenvalue weighted by Crippen LogP contribution is 2.24. The molecule has 0 bridgehead atoms. The summed E-state index contributed by atoms with van der Waals surface area (Å²) in [6, 6.07) is 16.3. The van der Waals surface area contributed by atoms with Crippen molar-refractivity contribution in [1.29, 1.82) is 0 Å². The van der Waals surface area contributed by atoms with E-state index in [0.29, 0.717) is 23.1 Å². The van der Waals surface area contributed by atoms with Crippen LogP contribution >= 0.6 is 11.6 Å². The van der Waals surface area contributed by atoms with Gasteiger partial charge in [-0.1, -0.05) is 35.4 Å². The molecule has 1 unspecified atom stereocenters. The maximum absolute atomic E-state index is 12.9. The minimum atomic E-state index is -0.229. The fourth-order valence-electron chi connectivity index (χ4n) is 3.95. The predicted octanol–water partition coefficient (Wildman–Crippen LogP) is 4.36. The number of rotatable bonds is 4. The molecule has 0 aliphatic carbocycles. The van der Waals surface area contributed by atoms with E-state index in [2.05, 4.69) is 21.4 Å². The molecule has 31 heavy (non-hydrogen) atoms. The number of benzene rings is 2. The molecular weight excluding hydrogens is 412 g/mol. The van der Waals surface area contributed by atoms with Gasteiger partial charge < -0.3 is 10.2 Å². The Bertz CT molecular complexity index is 1170. The molecule has 2 heterocycles. The number of hydrogen-bond donors (Lipinski definition) is 1. The molecule has 0 saturated carbocycles. The first-order valence-electron chi connectivity index (χ1n) is 10.4. The third-order valence-electron chi connectivity index (χ3n) is 5.59. The molecule has 1 aromatic heterocycles. The van der Waals surface area contributed by atoms with Crippen LogP contribution in [0.25, 0.3) is 5.69 Å². The van der Waals surface area contributed by atoms with Gasteiger partial charge >= 0.3 is 0 Å². The van der Waals surface area contributed by atoms with Gasteiger partial charge in [0.25, 0.3) is 5.56 Å². The van der Waals surface area contributed by atoms with Gasteiger partial charge in [0.15, 0.2) is 0 Å². The number of carbonyl (C=O) groups excluding carboxylic acids is 1. The van der Waals surface area contributed by atoms with Crippen molar-refractivity contribution in [3.05, 3.63) is 81.1 Å². The number of hydrogen-bond acceptors (Lipinski definition) is 4. The molecule has 1 saturated heterocycles. The summed E-state index contributed by atoms with van der Waals surface area (Å²) in [5.74, 6) is 0.534. The summed E-state index contributed by atoms with van der Waals surface area (Å²) in [5, 5.41) is 8.16. The third kappa shape index (κ3) is 4.80. The van der Waals surface area contributed by atoms with Gasteiger partial charge in [0, 0.05) is 29.9 Å². The highest BCUT2D eigenvalue weighted by molar-refractivity contribution is 6.30. The minimum absolute atomic E-state index is 0.0137. The molecule has 2 aromatic carbocycles. The molecular formula is C24H25ClN4O2. The van der Waals surface area contributed by atoms with Gasteiger partial charge in [-0.2, -0.15) is 4.68 Å². The average Bonchev–Trinajstić information content (AvgIpc) is 2.76. The molecule has 1 atom stereocenters. The second-order valence-corrected chi connectivity index (χ2v) is 8.45. The zero-order chi connectivity index (χ0) is 22.0. The lowest BCUT2D eigenvalue weighted by Crippen LogP contribution is -2.41. The van der Waals surface area contributed by atoms with Crippen LogP contribution in [-0.4, -0.2) is 28.8 Å². The molecule has 1 amide bonds. The Kier molecular flexibility index (Phi) is 6.09. The van der Waals surface area contributed by atoms with E-state index in [-0.39, 0.29) is 17.4 Å². The van der Waals surface area contributed by atoms with Crippen molar-refractivity contribution in [2.24, 2.45) is 5.92 Å². The second-order valence-electron chi connectivity index (χ2n) is 8.01. The van der Waals surface area contributed by atoms with Crippen LogP contribution in [0.1, 0.15) is 24.0 Å². The molecule has 7 heteroatoms. The Morgan fingerprint density at radius 3 is 2.74 bits per heavy atom. The van der Waals surface area contributed by atoms with Crippen LogP contribution in [0, 0.1) is 19.8 Å². The first kappa shape index (κ1) is 21.1. The lowest BCUT2D eigenvalue weighted by atomic mass is 9.96. The standard InChI is InChI=1S/C24H25ClN4O2/c1-16-8-9-21(17(2)13-16)26-24(31)18-5-4-12-28(15-18)22-10-11-23(30)29(27-22)20-7-3-6-19(25)14-20/h3,6-11,13-14,18H,4-5,12,15H2,1-2H3,(H,26,31). The van der Waals surface area contributed by atoms with E-state index in [0.717, 1.165) is 30.6 Å². The van der Waals surface area contributed by atoms with Crippen molar-refractivity contribution in [3.63, 3.8) is 0 Å². The minimum Gasteiger partial charge on any atom is -0.354 e. The Morgan fingerprint density at radius 2 is 1.97 bits per heavy atom. The Labute approximate surface area is 186 Å². The van der Waals surface area contributed by atoms with Gasteiger partial charge in [0.2, 0.25) is 5.91 Å². The number of carbonyl (C=O) groups is 1. The normalized spacial score (nSPS) is 16.2. The molecule has 3 aromatic rings. The molecule has 1 fully saturated rings. The number of piperidine rings is 1. The number of aryl methyl sites for hydroxylation is 2. The van der Waals surface area contributed by atoms with Gasteiger partial charge in [-0.05, 0) is 62.6 Å². The van der Waals surface area contributed by atoms with Crippen LogP contribution in [0.3, 0.4) is 0 Å². The Balaban J connectivity index is 1.52. The highest BCUT2D eigenvalue weighted by atomic mass is 35.5. The van der Waals surface area contributed by atoms with Gasteiger partial charge in [-0.25, -0.2) is 0 Å². The van der Waals surface area contributed by atoms with Crippen LogP contribution < -0.4 is 15.8 Å². The van der Waals surface area contributed by atoms with Crippen molar-refractivity contribution in [2.45, 2.75) is 26.7 Å². The summed E-state index contributed by atoms with van der Waals surface area (Å²) in [5.41, 5.74) is 3.45. The van der Waals surface area contributed by atoms with E-state index in [4.69, 9.17) is 11.6 Å². The maximum Gasteiger partial charge on any atom is 0.271 e. The molecule has 0 radical (unpaired) electrons. The van der Waals surface area contributed by atoms with Crippen LogP contribution in [0.5, 0.6) is 0 Å². The topological polar surface area (TPSA) is 67.2 Å². The van der Waals surface area contributed by atoms with Crippen LogP contribution in [0.4, 0.5) is 11.5 Å². The molecule has 1 aliphatic rings. The number of amides is 1. The fraction of sp³-hybridized carbons (Fsp3) is 0.292. The summed E-state index contributed by atoms with van der Waals surface area (Å²) in [4.78, 5) is 27.4. The summed E-state index contributed by atoms with van der Waals surface area (Å²) in [6.45, 7) is 5.37. The van der Waals surface area contributed by atoms with Gasteiger partial charge in [-0.3, -0.25) is 9.59 Å². The van der Waals surface area contributed by atoms with Crippen LogP contribution in [0.15, 0.2) is 59.4 Å². The van der Waals surface area contributed by atoms with Gasteiger partial charge in [-0.15, -0.1) is 5.10 Å². The molecule has 160 valence electrons. The van der Waals surface area contributed by atoms with Crippen molar-refractivity contribution in [3.8, 4) is 5.69 Å². The monoisotopic (exact) mass is 436 g/mol. The van der Waals surface area contributed by atoms with Gasteiger partial charge in [0.1, 0.15) is 5.82 Å². The smallest absolute Gasteiger partial charge is 0.271 e. The number of nitrogens with zero attached hydrogens (tertiary/aromatic N) is 3.